The average molecular weight is 231 g/mol. The summed E-state index contributed by atoms with van der Waals surface area (Å²) in [4.78, 5) is 6.14. The van der Waals surface area contributed by atoms with Crippen LogP contribution < -0.4 is 10.5 Å². The molecule has 0 bridgehead atoms. The van der Waals surface area contributed by atoms with Gasteiger partial charge >= 0.3 is 0 Å². The van der Waals surface area contributed by atoms with Crippen molar-refractivity contribution in [2.45, 2.75) is 0 Å². The van der Waals surface area contributed by atoms with Gasteiger partial charge in [0.2, 0.25) is 0 Å². The summed E-state index contributed by atoms with van der Waals surface area (Å²) < 4.78 is 5.67. The molecule has 90 valence electrons. The first-order valence-corrected chi connectivity index (χ1v) is 5.58. The van der Waals surface area contributed by atoms with Crippen molar-refractivity contribution >= 4 is 16.5 Å². The standard InChI is InChI=1S/C13H17N3O/c1-16(2)7-8-17-12-4-3-10-9-15-6-5-11(10)13(12)14/h3-6,9H,7-8,14H2,1-2H3. The van der Waals surface area contributed by atoms with Gasteiger partial charge in [-0.25, -0.2) is 0 Å². The number of hydrogen-bond donors (Lipinski definition) is 1. The lowest BCUT2D eigenvalue weighted by atomic mass is 10.1. The summed E-state index contributed by atoms with van der Waals surface area (Å²) in [5, 5.41) is 2.02. The number of benzene rings is 1. The van der Waals surface area contributed by atoms with Gasteiger partial charge in [-0.15, -0.1) is 0 Å². The number of fused-ring (bicyclic) bond motifs is 1. The number of likely N-dealkylation sites (N-methyl/N-ethyl adjacent to an activating group) is 1. The third-order valence-electron chi connectivity index (χ3n) is 2.62. The van der Waals surface area contributed by atoms with Gasteiger partial charge in [-0.05, 0) is 32.3 Å². The van der Waals surface area contributed by atoms with E-state index in [0.717, 1.165) is 23.1 Å². The molecule has 0 saturated carbocycles. The van der Waals surface area contributed by atoms with E-state index in [4.69, 9.17) is 10.5 Å². The van der Waals surface area contributed by atoms with E-state index in [0.29, 0.717) is 12.3 Å². The second kappa shape index (κ2) is 5.01. The second-order valence-corrected chi connectivity index (χ2v) is 4.23. The molecule has 0 aliphatic heterocycles. The number of nitrogen functional groups attached to an aromatic ring is 1. The zero-order valence-electron chi connectivity index (χ0n) is 10.2. The van der Waals surface area contributed by atoms with E-state index in [1.807, 2.05) is 32.3 Å². The van der Waals surface area contributed by atoms with Crippen LogP contribution in [0, 0.1) is 0 Å². The number of pyridine rings is 1. The summed E-state index contributed by atoms with van der Waals surface area (Å²) in [7, 11) is 4.03. The fourth-order valence-electron chi connectivity index (χ4n) is 1.64. The maximum absolute atomic E-state index is 6.07. The summed E-state index contributed by atoms with van der Waals surface area (Å²) in [5.41, 5.74) is 6.75. The van der Waals surface area contributed by atoms with Gasteiger partial charge in [0.1, 0.15) is 12.4 Å². The van der Waals surface area contributed by atoms with Crippen LogP contribution >= 0.6 is 0 Å². The van der Waals surface area contributed by atoms with Crippen LogP contribution in [0.15, 0.2) is 30.6 Å². The van der Waals surface area contributed by atoms with Gasteiger partial charge in [-0.2, -0.15) is 0 Å². The SMILES string of the molecule is CN(C)CCOc1ccc2cnccc2c1N. The maximum atomic E-state index is 6.07. The van der Waals surface area contributed by atoms with E-state index >= 15 is 0 Å². The molecular weight excluding hydrogens is 214 g/mol. The monoisotopic (exact) mass is 231 g/mol. The van der Waals surface area contributed by atoms with Crippen molar-refractivity contribution in [2.75, 3.05) is 33.0 Å². The molecule has 0 spiro atoms. The number of hydrogen-bond acceptors (Lipinski definition) is 4. The molecule has 2 N–H and O–H groups in total. The zero-order valence-corrected chi connectivity index (χ0v) is 10.2. The largest absolute Gasteiger partial charge is 0.490 e. The maximum Gasteiger partial charge on any atom is 0.142 e. The van der Waals surface area contributed by atoms with Crippen LogP contribution in [0.1, 0.15) is 0 Å². The van der Waals surface area contributed by atoms with Crippen LogP contribution in [-0.4, -0.2) is 37.1 Å². The Hall–Kier alpha value is -1.81. The van der Waals surface area contributed by atoms with Crippen molar-refractivity contribution in [2.24, 2.45) is 0 Å². The van der Waals surface area contributed by atoms with E-state index in [1.165, 1.54) is 0 Å². The van der Waals surface area contributed by atoms with Crippen molar-refractivity contribution in [1.29, 1.82) is 0 Å². The van der Waals surface area contributed by atoms with Gasteiger partial charge < -0.3 is 15.4 Å². The van der Waals surface area contributed by atoms with Crippen molar-refractivity contribution in [3.63, 3.8) is 0 Å². The molecule has 1 heterocycles. The predicted molar refractivity (Wildman–Crippen MR) is 70.2 cm³/mol. The van der Waals surface area contributed by atoms with Gasteiger partial charge in [-0.3, -0.25) is 4.98 Å². The minimum absolute atomic E-state index is 0.633. The molecule has 17 heavy (non-hydrogen) atoms. The minimum Gasteiger partial charge on any atom is -0.490 e. The van der Waals surface area contributed by atoms with Gasteiger partial charge in [0, 0.05) is 29.7 Å². The Balaban J connectivity index is 2.21. The Kier molecular flexibility index (Phi) is 3.44. The summed E-state index contributed by atoms with van der Waals surface area (Å²) in [6.07, 6.45) is 3.54. The van der Waals surface area contributed by atoms with Crippen molar-refractivity contribution in [1.82, 2.24) is 9.88 Å². The first kappa shape index (κ1) is 11.7. The molecule has 4 nitrogen and oxygen atoms in total. The lowest BCUT2D eigenvalue weighted by molar-refractivity contribution is 0.262. The number of anilines is 1. The third-order valence-corrected chi connectivity index (χ3v) is 2.62. The van der Waals surface area contributed by atoms with Crippen molar-refractivity contribution in [3.8, 4) is 5.75 Å². The predicted octanol–water partition coefficient (Wildman–Crippen LogP) is 1.76. The van der Waals surface area contributed by atoms with E-state index in [-0.39, 0.29) is 0 Å². The summed E-state index contributed by atoms with van der Waals surface area (Å²) in [6, 6.07) is 5.78. The smallest absolute Gasteiger partial charge is 0.142 e. The van der Waals surface area contributed by atoms with Gasteiger partial charge in [0.25, 0.3) is 0 Å². The number of ether oxygens (including phenoxy) is 1. The van der Waals surface area contributed by atoms with Crippen LogP contribution in [0.25, 0.3) is 10.8 Å². The fraction of sp³-hybridized carbons (Fsp3) is 0.308. The minimum atomic E-state index is 0.633. The van der Waals surface area contributed by atoms with E-state index < -0.39 is 0 Å². The van der Waals surface area contributed by atoms with E-state index in [9.17, 15) is 0 Å². The first-order valence-electron chi connectivity index (χ1n) is 5.58. The normalized spacial score (nSPS) is 11.0. The Bertz CT molecular complexity index is 511. The molecule has 0 unspecified atom stereocenters. The molecule has 0 aliphatic rings. The molecule has 2 rings (SSSR count). The third kappa shape index (κ3) is 2.65. The second-order valence-electron chi connectivity index (χ2n) is 4.23. The number of nitrogens with two attached hydrogens (primary N) is 1. The molecule has 0 radical (unpaired) electrons. The number of rotatable bonds is 4. The Morgan fingerprint density at radius 2 is 2.12 bits per heavy atom. The molecule has 4 heteroatoms. The summed E-state index contributed by atoms with van der Waals surface area (Å²) in [5.74, 6) is 0.741. The highest BCUT2D eigenvalue weighted by molar-refractivity contribution is 5.95. The fourth-order valence-corrected chi connectivity index (χ4v) is 1.64. The first-order chi connectivity index (χ1) is 8.18. The lowest BCUT2D eigenvalue weighted by Crippen LogP contribution is -2.19. The molecular formula is C13H17N3O. The van der Waals surface area contributed by atoms with Crippen LogP contribution in [-0.2, 0) is 0 Å². The molecule has 1 aromatic heterocycles. The number of aromatic nitrogens is 1. The average Bonchev–Trinajstić information content (AvgIpc) is 2.32. The Morgan fingerprint density at radius 1 is 1.29 bits per heavy atom. The highest BCUT2D eigenvalue weighted by Gasteiger charge is 2.05. The highest BCUT2D eigenvalue weighted by atomic mass is 16.5. The van der Waals surface area contributed by atoms with Crippen molar-refractivity contribution < 1.29 is 4.74 Å². The van der Waals surface area contributed by atoms with Crippen molar-refractivity contribution in [3.05, 3.63) is 30.6 Å². The Morgan fingerprint density at radius 3 is 2.88 bits per heavy atom. The molecule has 0 amide bonds. The lowest BCUT2D eigenvalue weighted by Gasteiger charge is -2.13. The van der Waals surface area contributed by atoms with Gasteiger partial charge in [0.05, 0.1) is 5.69 Å². The Labute approximate surface area is 101 Å². The summed E-state index contributed by atoms with van der Waals surface area (Å²) >= 11 is 0. The molecule has 1 aromatic carbocycles. The zero-order chi connectivity index (χ0) is 12.3. The van der Waals surface area contributed by atoms with Crippen LogP contribution in [0.4, 0.5) is 5.69 Å². The quantitative estimate of drug-likeness (QED) is 0.815. The molecule has 0 saturated heterocycles. The van der Waals surface area contributed by atoms with Gasteiger partial charge in [-0.1, -0.05) is 0 Å². The molecule has 0 atom stereocenters. The highest BCUT2D eigenvalue weighted by Crippen LogP contribution is 2.29. The molecule has 0 aliphatic carbocycles. The van der Waals surface area contributed by atoms with Crippen LogP contribution in [0.2, 0.25) is 0 Å². The molecule has 0 fully saturated rings. The van der Waals surface area contributed by atoms with Crippen LogP contribution in [0.5, 0.6) is 5.75 Å². The summed E-state index contributed by atoms with van der Waals surface area (Å²) in [6.45, 7) is 1.50. The topological polar surface area (TPSA) is 51.4 Å². The number of nitrogens with zero attached hydrogens (tertiary/aromatic N) is 2. The van der Waals surface area contributed by atoms with Gasteiger partial charge in [0.15, 0.2) is 0 Å². The van der Waals surface area contributed by atoms with E-state index in [2.05, 4.69) is 9.88 Å². The molecule has 2 aromatic rings. The van der Waals surface area contributed by atoms with Crippen LogP contribution in [0.3, 0.4) is 0 Å². The van der Waals surface area contributed by atoms with E-state index in [1.54, 1.807) is 12.4 Å².